The minimum atomic E-state index is 0.601. The van der Waals surface area contributed by atoms with Gasteiger partial charge in [0.2, 0.25) is 0 Å². The van der Waals surface area contributed by atoms with Gasteiger partial charge in [-0.3, -0.25) is 0 Å². The van der Waals surface area contributed by atoms with Crippen LogP contribution in [0.5, 0.6) is 0 Å². The van der Waals surface area contributed by atoms with Gasteiger partial charge in [-0.25, -0.2) is 15.0 Å². The van der Waals surface area contributed by atoms with Gasteiger partial charge < -0.3 is 8.98 Å². The molecule has 0 spiro atoms. The summed E-state index contributed by atoms with van der Waals surface area (Å²) in [5.74, 6) is 1.87. The van der Waals surface area contributed by atoms with Crippen LogP contribution in [-0.2, 0) is 0 Å². The zero-order chi connectivity index (χ0) is 45.9. The Bertz CT molecular complexity index is 4600. The van der Waals surface area contributed by atoms with Crippen molar-refractivity contribution in [2.24, 2.45) is 0 Å². The summed E-state index contributed by atoms with van der Waals surface area (Å²) >= 11 is 3.64. The Morgan fingerprint density at radius 1 is 0.329 bits per heavy atom. The van der Waals surface area contributed by atoms with Crippen molar-refractivity contribution in [3.8, 4) is 62.1 Å². The van der Waals surface area contributed by atoms with Gasteiger partial charge in [0.15, 0.2) is 17.5 Å². The van der Waals surface area contributed by atoms with Crippen molar-refractivity contribution < 1.29 is 4.42 Å². The molecular weight excluding hydrogens is 893 g/mol. The highest BCUT2D eigenvalue weighted by Gasteiger charge is 2.21. The van der Waals surface area contributed by atoms with Gasteiger partial charge in [-0.1, -0.05) is 146 Å². The number of hydrogen-bond donors (Lipinski definition) is 0. The molecule has 5 aromatic heterocycles. The van der Waals surface area contributed by atoms with Crippen molar-refractivity contribution in [1.29, 1.82) is 0 Å². The summed E-state index contributed by atoms with van der Waals surface area (Å²) in [4.78, 5) is 15.7. The maximum Gasteiger partial charge on any atom is 0.165 e. The van der Waals surface area contributed by atoms with Gasteiger partial charge >= 0.3 is 0 Å². The molecule has 0 aliphatic heterocycles. The van der Waals surface area contributed by atoms with E-state index in [9.17, 15) is 0 Å². The van der Waals surface area contributed by atoms with Crippen molar-refractivity contribution in [2.45, 2.75) is 0 Å². The van der Waals surface area contributed by atoms with E-state index in [0.29, 0.717) is 17.5 Å². The summed E-state index contributed by atoms with van der Waals surface area (Å²) in [5.41, 5.74) is 12.7. The molecule has 326 valence electrons. The van der Waals surface area contributed by atoms with Crippen LogP contribution in [0.1, 0.15) is 0 Å². The number of benzene rings is 10. The van der Waals surface area contributed by atoms with E-state index in [0.717, 1.165) is 60.1 Å². The van der Waals surface area contributed by atoms with Gasteiger partial charge in [0, 0.05) is 84.3 Å². The lowest BCUT2D eigenvalue weighted by Crippen LogP contribution is -2.00. The Morgan fingerprint density at radius 3 is 1.74 bits per heavy atom. The number of aromatic nitrogens is 4. The molecule has 10 aromatic carbocycles. The van der Waals surface area contributed by atoms with Crippen LogP contribution in [0.15, 0.2) is 223 Å². The van der Waals surface area contributed by atoms with Crippen LogP contribution >= 0.6 is 22.7 Å². The van der Waals surface area contributed by atoms with Crippen LogP contribution < -0.4 is 0 Å². The van der Waals surface area contributed by atoms with E-state index in [2.05, 4.69) is 193 Å². The molecule has 7 heteroatoms. The first-order valence-electron chi connectivity index (χ1n) is 23.4. The van der Waals surface area contributed by atoms with Crippen molar-refractivity contribution in [1.82, 2.24) is 19.5 Å². The van der Waals surface area contributed by atoms with Crippen LogP contribution in [0.4, 0.5) is 0 Å². The fraction of sp³-hybridized carbons (Fsp3) is 0. The van der Waals surface area contributed by atoms with E-state index >= 15 is 0 Å². The van der Waals surface area contributed by atoms with E-state index in [4.69, 9.17) is 19.4 Å². The molecular formula is C63H36N4OS2. The van der Waals surface area contributed by atoms with Gasteiger partial charge in [-0.05, 0) is 95.1 Å². The highest BCUT2D eigenvalue weighted by molar-refractivity contribution is 7.26. The summed E-state index contributed by atoms with van der Waals surface area (Å²) in [6.45, 7) is 0. The molecule has 0 radical (unpaired) electrons. The Kier molecular flexibility index (Phi) is 8.63. The number of fused-ring (bicyclic) bond motifs is 12. The fourth-order valence-corrected chi connectivity index (χ4v) is 13.1. The van der Waals surface area contributed by atoms with Crippen molar-refractivity contribution in [3.63, 3.8) is 0 Å². The van der Waals surface area contributed by atoms with Crippen LogP contribution in [0.25, 0.3) is 146 Å². The first-order valence-corrected chi connectivity index (χ1v) is 25.0. The molecule has 0 fully saturated rings. The Hall–Kier alpha value is -8.75. The minimum Gasteiger partial charge on any atom is -0.456 e. The largest absolute Gasteiger partial charge is 0.456 e. The molecule has 0 saturated heterocycles. The Morgan fingerprint density at radius 2 is 0.900 bits per heavy atom. The summed E-state index contributed by atoms with van der Waals surface area (Å²) in [6, 6.07) is 77.9. The molecule has 5 heterocycles. The molecule has 15 aromatic rings. The monoisotopic (exact) mass is 928 g/mol. The predicted octanol–water partition coefficient (Wildman–Crippen LogP) is 17.9. The highest BCUT2D eigenvalue weighted by Crippen LogP contribution is 2.45. The summed E-state index contributed by atoms with van der Waals surface area (Å²) < 4.78 is 13.9. The minimum absolute atomic E-state index is 0.601. The Balaban J connectivity index is 0.858. The molecule has 0 aliphatic rings. The molecule has 0 amide bonds. The van der Waals surface area contributed by atoms with Crippen molar-refractivity contribution in [3.05, 3.63) is 218 Å². The molecule has 0 saturated carbocycles. The van der Waals surface area contributed by atoms with Gasteiger partial charge in [-0.15, -0.1) is 22.7 Å². The molecule has 0 bridgehead atoms. The zero-order valence-electron chi connectivity index (χ0n) is 37.3. The molecule has 0 unspecified atom stereocenters. The lowest BCUT2D eigenvalue weighted by Gasteiger charge is -2.10. The molecule has 5 nitrogen and oxygen atoms in total. The quantitative estimate of drug-likeness (QED) is 0.167. The molecule has 15 rings (SSSR count). The second kappa shape index (κ2) is 15.4. The van der Waals surface area contributed by atoms with Gasteiger partial charge in [0.25, 0.3) is 0 Å². The smallest absolute Gasteiger partial charge is 0.165 e. The number of furan rings is 1. The number of para-hydroxylation sites is 2. The maximum atomic E-state index is 6.60. The van der Waals surface area contributed by atoms with Gasteiger partial charge in [-0.2, -0.15) is 0 Å². The number of hydrogen-bond acceptors (Lipinski definition) is 6. The third-order valence-electron chi connectivity index (χ3n) is 13.9. The van der Waals surface area contributed by atoms with Gasteiger partial charge in [0.1, 0.15) is 11.2 Å². The predicted molar refractivity (Wildman–Crippen MR) is 294 cm³/mol. The van der Waals surface area contributed by atoms with E-state index in [1.807, 2.05) is 41.7 Å². The van der Waals surface area contributed by atoms with Crippen LogP contribution in [-0.4, -0.2) is 19.5 Å². The van der Waals surface area contributed by atoms with E-state index in [-0.39, 0.29) is 0 Å². The van der Waals surface area contributed by atoms with Crippen LogP contribution in [0.2, 0.25) is 0 Å². The topological polar surface area (TPSA) is 56.7 Å². The first-order chi connectivity index (χ1) is 34.7. The fourth-order valence-electron chi connectivity index (χ4n) is 10.7. The zero-order valence-corrected chi connectivity index (χ0v) is 38.9. The average molecular weight is 929 g/mol. The molecule has 0 atom stereocenters. The van der Waals surface area contributed by atoms with E-state index in [1.165, 1.54) is 68.6 Å². The highest BCUT2D eigenvalue weighted by atomic mass is 32.1. The van der Waals surface area contributed by atoms with Crippen LogP contribution in [0.3, 0.4) is 0 Å². The first kappa shape index (κ1) is 39.3. The SMILES string of the molecule is c1ccc(-c2nc(-c3cccc4c3sc3ccccc34)nc(-c3cccc4oc5ccc(-c6ccc7sc8c(-c9ccc%10c(c9)c9ccccc9n%10-c9ccccc9)cccc8c7c6)cc5c34)n2)cc1. The second-order valence-electron chi connectivity index (χ2n) is 17.9. The summed E-state index contributed by atoms with van der Waals surface area (Å²) in [7, 11) is 0. The summed E-state index contributed by atoms with van der Waals surface area (Å²) in [6.07, 6.45) is 0. The number of thiophene rings is 2. The number of rotatable bonds is 6. The second-order valence-corrected chi connectivity index (χ2v) is 20.0. The molecule has 0 aliphatic carbocycles. The normalized spacial score (nSPS) is 12.0. The maximum absolute atomic E-state index is 6.60. The van der Waals surface area contributed by atoms with Crippen molar-refractivity contribution >= 4 is 107 Å². The summed E-state index contributed by atoms with van der Waals surface area (Å²) in [5, 5.41) is 9.44. The van der Waals surface area contributed by atoms with E-state index < -0.39 is 0 Å². The van der Waals surface area contributed by atoms with Gasteiger partial charge in [0.05, 0.1) is 11.0 Å². The third-order valence-corrected chi connectivity index (χ3v) is 16.3. The lowest BCUT2D eigenvalue weighted by molar-refractivity contribution is 0.669. The molecule has 70 heavy (non-hydrogen) atoms. The third kappa shape index (κ3) is 6.05. The van der Waals surface area contributed by atoms with E-state index in [1.54, 1.807) is 11.3 Å². The molecule has 0 N–H and O–H groups in total. The average Bonchev–Trinajstić information content (AvgIpc) is 4.20. The lowest BCUT2D eigenvalue weighted by atomic mass is 9.98. The standard InChI is InChI=1S/C63H36N4OS2/c1-3-14-37(15-4-1)61-64-62(66-63(65-61)48-24-12-21-45-44-19-8-10-27-56(44)69-60(45)48)47-23-13-26-55-58(47)51-35-38(29-32-54(51)68-55)39-30-33-57-50(34-39)46-22-11-20-42(59(46)70-57)40-28-31-53-49(36-40)43-18-7-9-25-52(43)67(53)41-16-5-2-6-17-41/h1-36H. The Labute approximate surface area is 408 Å². The number of nitrogens with zero attached hydrogens (tertiary/aromatic N) is 4. The van der Waals surface area contributed by atoms with Crippen LogP contribution in [0, 0.1) is 0 Å². The van der Waals surface area contributed by atoms with Crippen molar-refractivity contribution in [2.75, 3.05) is 0 Å².